The molecule has 1 saturated heterocycles. The standard InChI is InChI=1S/C22H20N4O5S/c1-22(17-6-3-14(12-23)4-7-17)20(28)25(21(29)24-22)13-19(27)16-5-8-18-15(11-16)9-10-26(18)32(2,30)31/h3-8,11H,9-10,13H2,1-2H3,(H,24,29). The molecule has 3 amide bonds. The molecule has 1 unspecified atom stereocenters. The van der Waals surface area contributed by atoms with E-state index >= 15 is 0 Å². The summed E-state index contributed by atoms with van der Waals surface area (Å²) in [5.74, 6) is -0.997. The molecule has 0 aromatic heterocycles. The molecule has 2 aliphatic heterocycles. The normalized spacial score (nSPS) is 20.2. The Morgan fingerprint density at radius 3 is 2.50 bits per heavy atom. The lowest BCUT2D eigenvalue weighted by Crippen LogP contribution is -2.41. The minimum absolute atomic E-state index is 0.298. The van der Waals surface area contributed by atoms with Crippen LogP contribution in [0.1, 0.15) is 34.0 Å². The van der Waals surface area contributed by atoms with Gasteiger partial charge in [-0.2, -0.15) is 5.26 Å². The van der Waals surface area contributed by atoms with E-state index in [-0.39, 0.29) is 0 Å². The van der Waals surface area contributed by atoms with Crippen LogP contribution >= 0.6 is 0 Å². The van der Waals surface area contributed by atoms with E-state index in [9.17, 15) is 22.8 Å². The Morgan fingerprint density at radius 2 is 1.88 bits per heavy atom. The van der Waals surface area contributed by atoms with E-state index in [2.05, 4.69) is 5.32 Å². The van der Waals surface area contributed by atoms with Gasteiger partial charge in [-0.05, 0) is 54.8 Å². The number of rotatable bonds is 5. The van der Waals surface area contributed by atoms with Crippen LogP contribution in [0.3, 0.4) is 0 Å². The van der Waals surface area contributed by atoms with Crippen molar-refractivity contribution >= 4 is 33.4 Å². The second-order valence-electron chi connectivity index (χ2n) is 7.99. The number of urea groups is 1. The molecular formula is C22H20N4O5S. The number of amides is 3. The maximum absolute atomic E-state index is 13.1. The third-order valence-electron chi connectivity index (χ3n) is 5.82. The first-order chi connectivity index (χ1) is 15.0. The number of hydrogen-bond acceptors (Lipinski definition) is 6. The Labute approximate surface area is 185 Å². The molecule has 2 aromatic rings. The third-order valence-corrected chi connectivity index (χ3v) is 7.00. The summed E-state index contributed by atoms with van der Waals surface area (Å²) in [6.45, 7) is 1.42. The lowest BCUT2D eigenvalue weighted by Gasteiger charge is -2.22. The van der Waals surface area contributed by atoms with Crippen molar-refractivity contribution in [3.63, 3.8) is 0 Å². The molecule has 0 radical (unpaired) electrons. The third kappa shape index (κ3) is 3.50. The average Bonchev–Trinajstić information content (AvgIpc) is 3.28. The number of carbonyl (C=O) groups excluding carboxylic acids is 3. The summed E-state index contributed by atoms with van der Waals surface area (Å²) in [4.78, 5) is 39.3. The number of fused-ring (bicyclic) bond motifs is 1. The maximum atomic E-state index is 13.1. The predicted octanol–water partition coefficient (Wildman–Crippen LogP) is 1.53. The lowest BCUT2D eigenvalue weighted by molar-refractivity contribution is -0.130. The molecule has 10 heteroatoms. The molecular weight excluding hydrogens is 432 g/mol. The van der Waals surface area contributed by atoms with Crippen LogP contribution in [0.4, 0.5) is 10.5 Å². The fourth-order valence-corrected chi connectivity index (χ4v) is 5.00. The monoisotopic (exact) mass is 452 g/mol. The van der Waals surface area contributed by atoms with Gasteiger partial charge in [-0.25, -0.2) is 13.2 Å². The first-order valence-corrected chi connectivity index (χ1v) is 11.7. The highest BCUT2D eigenvalue weighted by molar-refractivity contribution is 7.92. The Balaban J connectivity index is 1.54. The van der Waals surface area contributed by atoms with E-state index in [0.717, 1.165) is 16.7 Å². The highest BCUT2D eigenvalue weighted by atomic mass is 32.2. The van der Waals surface area contributed by atoms with Gasteiger partial charge in [0.2, 0.25) is 10.0 Å². The van der Waals surface area contributed by atoms with Crippen LogP contribution in [-0.2, 0) is 26.8 Å². The van der Waals surface area contributed by atoms with Crippen molar-refractivity contribution < 1.29 is 22.8 Å². The molecule has 1 atom stereocenters. The molecule has 2 aromatic carbocycles. The molecule has 2 aliphatic rings. The summed E-state index contributed by atoms with van der Waals surface area (Å²) in [5, 5.41) is 11.6. The van der Waals surface area contributed by atoms with Gasteiger partial charge in [-0.3, -0.25) is 18.8 Å². The smallest absolute Gasteiger partial charge is 0.319 e. The molecule has 0 aliphatic carbocycles. The summed E-state index contributed by atoms with van der Waals surface area (Å²) in [5.41, 5.74) is 1.13. The van der Waals surface area contributed by atoms with Gasteiger partial charge in [0.25, 0.3) is 5.91 Å². The molecule has 1 N–H and O–H groups in total. The van der Waals surface area contributed by atoms with Gasteiger partial charge < -0.3 is 5.32 Å². The van der Waals surface area contributed by atoms with Gasteiger partial charge in [0, 0.05) is 12.1 Å². The Bertz CT molecular complexity index is 1300. The molecule has 0 saturated carbocycles. The van der Waals surface area contributed by atoms with Crippen LogP contribution in [0.5, 0.6) is 0 Å². The quantitative estimate of drug-likeness (QED) is 0.541. The van der Waals surface area contributed by atoms with E-state index in [0.29, 0.717) is 35.3 Å². The Morgan fingerprint density at radius 1 is 1.19 bits per heavy atom. The van der Waals surface area contributed by atoms with Crippen molar-refractivity contribution in [2.75, 3.05) is 23.7 Å². The van der Waals surface area contributed by atoms with Crippen LogP contribution in [0.25, 0.3) is 0 Å². The number of imide groups is 1. The number of sulfonamides is 1. The molecule has 32 heavy (non-hydrogen) atoms. The van der Waals surface area contributed by atoms with E-state index in [1.54, 1.807) is 43.3 Å². The van der Waals surface area contributed by atoms with Crippen molar-refractivity contribution in [1.82, 2.24) is 10.2 Å². The van der Waals surface area contributed by atoms with Gasteiger partial charge in [0.1, 0.15) is 5.54 Å². The largest absolute Gasteiger partial charge is 0.325 e. The second kappa shape index (κ2) is 7.46. The van der Waals surface area contributed by atoms with Gasteiger partial charge >= 0.3 is 6.03 Å². The van der Waals surface area contributed by atoms with Crippen molar-refractivity contribution in [2.24, 2.45) is 0 Å². The van der Waals surface area contributed by atoms with Crippen LogP contribution in [0, 0.1) is 11.3 Å². The average molecular weight is 452 g/mol. The van der Waals surface area contributed by atoms with Crippen molar-refractivity contribution in [3.8, 4) is 6.07 Å². The molecule has 9 nitrogen and oxygen atoms in total. The number of carbonyl (C=O) groups is 3. The molecule has 4 rings (SSSR count). The number of hydrogen-bond donors (Lipinski definition) is 1. The number of anilines is 1. The fraction of sp³-hybridized carbons (Fsp3) is 0.273. The lowest BCUT2D eigenvalue weighted by atomic mass is 9.91. The van der Waals surface area contributed by atoms with Crippen LogP contribution in [-0.4, -0.2) is 50.4 Å². The SMILES string of the molecule is CC1(c2ccc(C#N)cc2)NC(=O)N(CC(=O)c2ccc3c(c2)CCN3S(C)(=O)=O)C1=O. The first kappa shape index (κ1) is 21.5. The number of benzene rings is 2. The molecule has 0 bridgehead atoms. The second-order valence-corrected chi connectivity index (χ2v) is 9.89. The Hall–Kier alpha value is -3.71. The van der Waals surface area contributed by atoms with Crippen LogP contribution in [0.15, 0.2) is 42.5 Å². The maximum Gasteiger partial charge on any atom is 0.325 e. The highest BCUT2D eigenvalue weighted by Crippen LogP contribution is 2.32. The highest BCUT2D eigenvalue weighted by Gasteiger charge is 2.49. The minimum Gasteiger partial charge on any atom is -0.319 e. The van der Waals surface area contributed by atoms with Gasteiger partial charge in [0.15, 0.2) is 5.78 Å². The molecule has 164 valence electrons. The van der Waals surface area contributed by atoms with E-state index in [4.69, 9.17) is 5.26 Å². The number of ketones is 1. The number of nitrogens with zero attached hydrogens (tertiary/aromatic N) is 3. The van der Waals surface area contributed by atoms with Gasteiger partial charge in [-0.15, -0.1) is 0 Å². The predicted molar refractivity (Wildman–Crippen MR) is 115 cm³/mol. The summed E-state index contributed by atoms with van der Waals surface area (Å²) < 4.78 is 25.1. The molecule has 0 spiro atoms. The van der Waals surface area contributed by atoms with Crippen LogP contribution < -0.4 is 9.62 Å². The van der Waals surface area contributed by atoms with E-state index in [1.807, 2.05) is 6.07 Å². The van der Waals surface area contributed by atoms with Crippen LogP contribution in [0.2, 0.25) is 0 Å². The van der Waals surface area contributed by atoms with E-state index < -0.39 is 39.8 Å². The summed E-state index contributed by atoms with van der Waals surface area (Å²) >= 11 is 0. The van der Waals surface area contributed by atoms with Crippen molar-refractivity contribution in [3.05, 3.63) is 64.7 Å². The number of nitriles is 1. The zero-order valence-electron chi connectivity index (χ0n) is 17.5. The zero-order chi connectivity index (χ0) is 23.3. The van der Waals surface area contributed by atoms with Crippen molar-refractivity contribution in [1.29, 1.82) is 5.26 Å². The van der Waals surface area contributed by atoms with Crippen molar-refractivity contribution in [2.45, 2.75) is 18.9 Å². The topological polar surface area (TPSA) is 128 Å². The van der Waals surface area contributed by atoms with E-state index in [1.165, 1.54) is 10.4 Å². The van der Waals surface area contributed by atoms with Gasteiger partial charge in [0.05, 0.1) is 30.1 Å². The number of Topliss-reactive ketones (excluding diaryl/α,β-unsaturated/α-hetero) is 1. The number of nitrogens with one attached hydrogen (secondary N) is 1. The summed E-state index contributed by atoms with van der Waals surface area (Å²) in [7, 11) is -3.40. The summed E-state index contributed by atoms with van der Waals surface area (Å²) in [6, 6.07) is 12.3. The summed E-state index contributed by atoms with van der Waals surface area (Å²) in [6.07, 6.45) is 1.60. The molecule has 1 fully saturated rings. The van der Waals surface area contributed by atoms with Gasteiger partial charge in [-0.1, -0.05) is 12.1 Å². The fourth-order valence-electron chi connectivity index (χ4n) is 4.04. The molecule has 2 heterocycles. The Kier molecular flexibility index (Phi) is 5.02. The first-order valence-electron chi connectivity index (χ1n) is 9.83. The zero-order valence-corrected chi connectivity index (χ0v) is 18.3. The minimum atomic E-state index is -3.40.